The first kappa shape index (κ1) is 10.1. The normalized spacial score (nSPS) is 11.3. The van der Waals surface area contributed by atoms with Gasteiger partial charge in [-0.25, -0.2) is 0 Å². The molecular weight excluding hydrogens is 158 g/mol. The molecule has 0 aliphatic carbocycles. The van der Waals surface area contributed by atoms with Gasteiger partial charge in [-0.1, -0.05) is 39.0 Å². The number of hydrogen-bond donors (Lipinski definition) is 1. The lowest BCUT2D eigenvalue weighted by Crippen LogP contribution is -2.12. The molecule has 0 bridgehead atoms. The van der Waals surface area contributed by atoms with Gasteiger partial charge in [-0.05, 0) is 24.0 Å². The third kappa shape index (κ3) is 4.56. The summed E-state index contributed by atoms with van der Waals surface area (Å²) in [6.07, 6.45) is 1.20. The fraction of sp³-hybridized carbons (Fsp3) is 0.500. The number of nitrogens with one attached hydrogen (secondary N) is 1. The summed E-state index contributed by atoms with van der Waals surface area (Å²) in [5.41, 5.74) is 1.63. The average Bonchev–Trinajstić information content (AvgIpc) is 2.04. The second-order valence-corrected chi connectivity index (χ2v) is 4.60. The monoisotopic (exact) mass is 177 g/mol. The summed E-state index contributed by atoms with van der Waals surface area (Å²) in [5.74, 6) is 0. The van der Waals surface area contributed by atoms with Gasteiger partial charge in [-0.3, -0.25) is 0 Å². The first-order chi connectivity index (χ1) is 6.08. The quantitative estimate of drug-likeness (QED) is 0.744. The van der Waals surface area contributed by atoms with E-state index >= 15 is 0 Å². The summed E-state index contributed by atoms with van der Waals surface area (Å²) in [5, 5.41) is 3.40. The average molecular weight is 177 g/mol. The van der Waals surface area contributed by atoms with Gasteiger partial charge in [0.05, 0.1) is 0 Å². The minimum absolute atomic E-state index is 0.418. The standard InChI is InChI=1S/C12H19N/c1-12(2,3)9-10-13-11-7-5-4-6-8-11/h4-8,13H,9-10H2,1-3H3. The molecular formula is C12H19N. The molecule has 1 nitrogen and oxygen atoms in total. The van der Waals surface area contributed by atoms with E-state index in [1.807, 2.05) is 6.07 Å². The van der Waals surface area contributed by atoms with E-state index < -0.39 is 0 Å². The molecule has 1 rings (SSSR count). The third-order valence-corrected chi connectivity index (χ3v) is 1.98. The molecule has 1 aromatic rings. The van der Waals surface area contributed by atoms with Gasteiger partial charge in [0.1, 0.15) is 0 Å². The van der Waals surface area contributed by atoms with E-state index in [0.717, 1.165) is 6.54 Å². The van der Waals surface area contributed by atoms with Crippen LogP contribution >= 0.6 is 0 Å². The van der Waals surface area contributed by atoms with Crippen LogP contribution in [0.5, 0.6) is 0 Å². The number of rotatable bonds is 3. The Morgan fingerprint density at radius 3 is 2.23 bits per heavy atom. The van der Waals surface area contributed by atoms with Crippen LogP contribution < -0.4 is 5.32 Å². The van der Waals surface area contributed by atoms with Gasteiger partial charge >= 0.3 is 0 Å². The van der Waals surface area contributed by atoms with Crippen LogP contribution in [0.3, 0.4) is 0 Å². The van der Waals surface area contributed by atoms with Crippen LogP contribution in [0, 0.1) is 5.41 Å². The highest BCUT2D eigenvalue weighted by molar-refractivity contribution is 5.42. The zero-order chi connectivity index (χ0) is 9.73. The van der Waals surface area contributed by atoms with Crippen LogP contribution in [-0.2, 0) is 0 Å². The lowest BCUT2D eigenvalue weighted by atomic mass is 9.92. The molecule has 0 aromatic heterocycles. The van der Waals surface area contributed by atoms with Crippen molar-refractivity contribution in [3.63, 3.8) is 0 Å². The van der Waals surface area contributed by atoms with E-state index in [9.17, 15) is 0 Å². The lowest BCUT2D eigenvalue weighted by Gasteiger charge is -2.18. The van der Waals surface area contributed by atoms with E-state index in [1.54, 1.807) is 0 Å². The van der Waals surface area contributed by atoms with Gasteiger partial charge < -0.3 is 5.32 Å². The molecule has 0 aliphatic heterocycles. The maximum atomic E-state index is 3.40. The van der Waals surface area contributed by atoms with Crippen LogP contribution in [0.2, 0.25) is 0 Å². The Morgan fingerprint density at radius 2 is 1.69 bits per heavy atom. The SMILES string of the molecule is CC(C)(C)CCNc1ccccc1. The van der Waals surface area contributed by atoms with Crippen LogP contribution in [0.15, 0.2) is 30.3 Å². The smallest absolute Gasteiger partial charge is 0.0340 e. The van der Waals surface area contributed by atoms with E-state index in [4.69, 9.17) is 0 Å². The molecule has 13 heavy (non-hydrogen) atoms. The predicted molar refractivity (Wildman–Crippen MR) is 59.0 cm³/mol. The zero-order valence-corrected chi connectivity index (χ0v) is 8.80. The fourth-order valence-electron chi connectivity index (χ4n) is 1.14. The van der Waals surface area contributed by atoms with Crippen LogP contribution in [-0.4, -0.2) is 6.54 Å². The Balaban J connectivity index is 2.29. The molecule has 0 heterocycles. The molecule has 0 fully saturated rings. The maximum absolute atomic E-state index is 3.40. The Bertz CT molecular complexity index is 233. The van der Waals surface area contributed by atoms with Crippen molar-refractivity contribution in [2.45, 2.75) is 27.2 Å². The molecule has 0 spiro atoms. The first-order valence-electron chi connectivity index (χ1n) is 4.87. The van der Waals surface area contributed by atoms with Crippen molar-refractivity contribution in [1.82, 2.24) is 0 Å². The molecule has 0 saturated heterocycles. The van der Waals surface area contributed by atoms with E-state index in [-0.39, 0.29) is 0 Å². The van der Waals surface area contributed by atoms with Crippen LogP contribution in [0.4, 0.5) is 5.69 Å². The molecule has 0 saturated carbocycles. The fourth-order valence-corrected chi connectivity index (χ4v) is 1.14. The van der Waals surface area contributed by atoms with Crippen molar-refractivity contribution in [1.29, 1.82) is 0 Å². The molecule has 72 valence electrons. The topological polar surface area (TPSA) is 12.0 Å². The summed E-state index contributed by atoms with van der Waals surface area (Å²) in [4.78, 5) is 0. The second kappa shape index (κ2) is 4.31. The number of para-hydroxylation sites is 1. The van der Waals surface area contributed by atoms with E-state index in [2.05, 4.69) is 50.4 Å². The van der Waals surface area contributed by atoms with Crippen molar-refractivity contribution in [3.05, 3.63) is 30.3 Å². The molecule has 0 radical (unpaired) electrons. The van der Waals surface area contributed by atoms with E-state index in [0.29, 0.717) is 5.41 Å². The van der Waals surface area contributed by atoms with Gasteiger partial charge in [-0.2, -0.15) is 0 Å². The molecule has 1 N–H and O–H groups in total. The molecule has 0 unspecified atom stereocenters. The molecule has 1 aromatic carbocycles. The molecule has 0 aliphatic rings. The summed E-state index contributed by atoms with van der Waals surface area (Å²) in [6.45, 7) is 7.84. The van der Waals surface area contributed by atoms with Gasteiger partial charge in [0.15, 0.2) is 0 Å². The highest BCUT2D eigenvalue weighted by Crippen LogP contribution is 2.18. The summed E-state index contributed by atoms with van der Waals surface area (Å²) in [7, 11) is 0. The summed E-state index contributed by atoms with van der Waals surface area (Å²) < 4.78 is 0. The van der Waals surface area contributed by atoms with Crippen molar-refractivity contribution >= 4 is 5.69 Å². The highest BCUT2D eigenvalue weighted by Gasteiger charge is 2.08. The molecule has 0 amide bonds. The summed E-state index contributed by atoms with van der Waals surface area (Å²) in [6, 6.07) is 10.3. The minimum Gasteiger partial charge on any atom is -0.385 e. The van der Waals surface area contributed by atoms with E-state index in [1.165, 1.54) is 12.1 Å². The minimum atomic E-state index is 0.418. The van der Waals surface area contributed by atoms with Crippen molar-refractivity contribution in [2.75, 3.05) is 11.9 Å². The van der Waals surface area contributed by atoms with Gasteiger partial charge in [-0.15, -0.1) is 0 Å². The lowest BCUT2D eigenvalue weighted by molar-refractivity contribution is 0.390. The van der Waals surface area contributed by atoms with Crippen molar-refractivity contribution < 1.29 is 0 Å². The van der Waals surface area contributed by atoms with Crippen LogP contribution in [0.25, 0.3) is 0 Å². The molecule has 0 atom stereocenters. The predicted octanol–water partition coefficient (Wildman–Crippen LogP) is 3.53. The van der Waals surface area contributed by atoms with Crippen LogP contribution in [0.1, 0.15) is 27.2 Å². The first-order valence-corrected chi connectivity index (χ1v) is 4.87. The number of anilines is 1. The van der Waals surface area contributed by atoms with Gasteiger partial charge in [0, 0.05) is 12.2 Å². The number of hydrogen-bond acceptors (Lipinski definition) is 1. The van der Waals surface area contributed by atoms with Gasteiger partial charge in [0.25, 0.3) is 0 Å². The Labute approximate surface area is 81.2 Å². The van der Waals surface area contributed by atoms with Crippen molar-refractivity contribution in [2.24, 2.45) is 5.41 Å². The largest absolute Gasteiger partial charge is 0.385 e. The maximum Gasteiger partial charge on any atom is 0.0340 e. The van der Waals surface area contributed by atoms with Gasteiger partial charge in [0.2, 0.25) is 0 Å². The Kier molecular flexibility index (Phi) is 3.35. The third-order valence-electron chi connectivity index (χ3n) is 1.98. The number of benzene rings is 1. The Morgan fingerprint density at radius 1 is 1.08 bits per heavy atom. The zero-order valence-electron chi connectivity index (χ0n) is 8.80. The Hall–Kier alpha value is -0.980. The summed E-state index contributed by atoms with van der Waals surface area (Å²) >= 11 is 0. The van der Waals surface area contributed by atoms with Crippen molar-refractivity contribution in [3.8, 4) is 0 Å². The second-order valence-electron chi connectivity index (χ2n) is 4.60. The molecule has 1 heteroatoms. The highest BCUT2D eigenvalue weighted by atomic mass is 14.9.